The highest BCUT2D eigenvalue weighted by atomic mass is 19.2. The number of hydrogen-bond donors (Lipinski definition) is 0. The zero-order valence-electron chi connectivity index (χ0n) is 17.7. The number of benzene rings is 1. The third-order valence-electron chi connectivity index (χ3n) is 6.12. The van der Waals surface area contributed by atoms with E-state index in [1.807, 2.05) is 0 Å². The SMILES string of the molecule is CC/C=C/C1COC(C2CCC(CCc3ccc(OCC)c(F)c3F)CC2)OC1. The van der Waals surface area contributed by atoms with Crippen molar-refractivity contribution in [1.82, 2.24) is 0 Å². The summed E-state index contributed by atoms with van der Waals surface area (Å²) in [7, 11) is 0. The van der Waals surface area contributed by atoms with Crippen molar-refractivity contribution in [3.05, 3.63) is 41.5 Å². The van der Waals surface area contributed by atoms with Crippen LogP contribution in [0.25, 0.3) is 0 Å². The van der Waals surface area contributed by atoms with Crippen LogP contribution in [0.1, 0.15) is 57.9 Å². The first-order chi connectivity index (χ1) is 14.1. The molecular formula is C24H34F2O3. The summed E-state index contributed by atoms with van der Waals surface area (Å²) in [5.41, 5.74) is 0.443. The largest absolute Gasteiger partial charge is 0.491 e. The Morgan fingerprint density at radius 3 is 2.41 bits per heavy atom. The Labute approximate surface area is 173 Å². The molecule has 1 aliphatic carbocycles. The van der Waals surface area contributed by atoms with Gasteiger partial charge in [0.15, 0.2) is 17.9 Å². The van der Waals surface area contributed by atoms with E-state index in [1.54, 1.807) is 13.0 Å². The van der Waals surface area contributed by atoms with Crippen LogP contribution in [0.2, 0.25) is 0 Å². The van der Waals surface area contributed by atoms with Crippen LogP contribution in [0, 0.1) is 29.4 Å². The van der Waals surface area contributed by atoms with Gasteiger partial charge in [-0.1, -0.05) is 25.1 Å². The van der Waals surface area contributed by atoms with E-state index >= 15 is 0 Å². The molecule has 5 heteroatoms. The topological polar surface area (TPSA) is 27.7 Å². The molecule has 0 radical (unpaired) electrons. The summed E-state index contributed by atoms with van der Waals surface area (Å²) in [5, 5.41) is 0. The van der Waals surface area contributed by atoms with E-state index in [2.05, 4.69) is 19.1 Å². The first kappa shape index (κ1) is 22.2. The zero-order chi connectivity index (χ0) is 20.6. The second kappa shape index (κ2) is 11.1. The van der Waals surface area contributed by atoms with Gasteiger partial charge in [-0.3, -0.25) is 0 Å². The number of ether oxygens (including phenoxy) is 3. The summed E-state index contributed by atoms with van der Waals surface area (Å²) < 4.78 is 45.4. The van der Waals surface area contributed by atoms with Crippen LogP contribution >= 0.6 is 0 Å². The molecule has 1 saturated heterocycles. The van der Waals surface area contributed by atoms with E-state index in [0.29, 0.717) is 36.3 Å². The second-order valence-corrected chi connectivity index (χ2v) is 8.23. The predicted molar refractivity (Wildman–Crippen MR) is 110 cm³/mol. The molecule has 2 aliphatic rings. The first-order valence-electron chi connectivity index (χ1n) is 11.1. The Morgan fingerprint density at radius 2 is 1.76 bits per heavy atom. The fourth-order valence-corrected chi connectivity index (χ4v) is 4.39. The van der Waals surface area contributed by atoms with Crippen LogP contribution in [-0.4, -0.2) is 26.1 Å². The zero-order valence-corrected chi connectivity index (χ0v) is 17.7. The minimum Gasteiger partial charge on any atom is -0.491 e. The Kier molecular flexibility index (Phi) is 8.49. The van der Waals surface area contributed by atoms with E-state index in [9.17, 15) is 8.78 Å². The van der Waals surface area contributed by atoms with Gasteiger partial charge < -0.3 is 14.2 Å². The normalized spacial score (nSPS) is 28.0. The van der Waals surface area contributed by atoms with Crippen molar-refractivity contribution in [2.75, 3.05) is 19.8 Å². The molecule has 2 fully saturated rings. The maximum atomic E-state index is 14.3. The van der Waals surface area contributed by atoms with E-state index in [0.717, 1.165) is 51.7 Å². The number of rotatable bonds is 8. The van der Waals surface area contributed by atoms with E-state index in [-0.39, 0.29) is 12.0 Å². The average Bonchev–Trinajstić information content (AvgIpc) is 2.76. The smallest absolute Gasteiger partial charge is 0.200 e. The molecule has 1 aliphatic heterocycles. The second-order valence-electron chi connectivity index (χ2n) is 8.23. The number of halogens is 2. The fourth-order valence-electron chi connectivity index (χ4n) is 4.39. The minimum absolute atomic E-state index is 0.00540. The molecular weight excluding hydrogens is 374 g/mol. The third kappa shape index (κ3) is 6.02. The Morgan fingerprint density at radius 1 is 1.03 bits per heavy atom. The van der Waals surface area contributed by atoms with Crippen molar-refractivity contribution in [3.8, 4) is 5.75 Å². The highest BCUT2D eigenvalue weighted by Gasteiger charge is 2.32. The molecule has 3 nitrogen and oxygen atoms in total. The monoisotopic (exact) mass is 408 g/mol. The molecule has 1 saturated carbocycles. The first-order valence-corrected chi connectivity index (χ1v) is 11.1. The van der Waals surface area contributed by atoms with Crippen molar-refractivity contribution >= 4 is 0 Å². The average molecular weight is 409 g/mol. The van der Waals surface area contributed by atoms with Gasteiger partial charge in [0, 0.05) is 11.8 Å². The van der Waals surface area contributed by atoms with E-state index in [1.165, 1.54) is 6.07 Å². The predicted octanol–water partition coefficient (Wildman–Crippen LogP) is 6.06. The van der Waals surface area contributed by atoms with Crippen LogP contribution in [-0.2, 0) is 15.9 Å². The molecule has 0 spiro atoms. The highest BCUT2D eigenvalue weighted by Crippen LogP contribution is 2.36. The van der Waals surface area contributed by atoms with Crippen molar-refractivity contribution in [3.63, 3.8) is 0 Å². The molecule has 3 rings (SSSR count). The molecule has 0 bridgehead atoms. The van der Waals surface area contributed by atoms with E-state index in [4.69, 9.17) is 14.2 Å². The number of allylic oxidation sites excluding steroid dienone is 1. The Balaban J connectivity index is 1.42. The van der Waals surface area contributed by atoms with Gasteiger partial charge in [-0.05, 0) is 69.4 Å². The van der Waals surface area contributed by atoms with Crippen molar-refractivity contribution < 1.29 is 23.0 Å². The van der Waals surface area contributed by atoms with Crippen LogP contribution in [0.15, 0.2) is 24.3 Å². The lowest BCUT2D eigenvalue weighted by atomic mass is 9.79. The molecule has 0 unspecified atom stereocenters. The maximum absolute atomic E-state index is 14.3. The molecule has 162 valence electrons. The molecule has 1 heterocycles. The third-order valence-corrected chi connectivity index (χ3v) is 6.12. The van der Waals surface area contributed by atoms with Crippen LogP contribution < -0.4 is 4.74 Å². The van der Waals surface area contributed by atoms with Crippen LogP contribution in [0.5, 0.6) is 5.75 Å². The van der Waals surface area contributed by atoms with Gasteiger partial charge in [-0.2, -0.15) is 4.39 Å². The fraction of sp³-hybridized carbons (Fsp3) is 0.667. The van der Waals surface area contributed by atoms with Gasteiger partial charge in [-0.25, -0.2) is 4.39 Å². The summed E-state index contributed by atoms with van der Waals surface area (Å²) in [6, 6.07) is 3.19. The van der Waals surface area contributed by atoms with Gasteiger partial charge >= 0.3 is 0 Å². The lowest BCUT2D eigenvalue weighted by Crippen LogP contribution is -2.38. The van der Waals surface area contributed by atoms with Crippen LogP contribution in [0.3, 0.4) is 0 Å². The minimum atomic E-state index is -0.869. The quantitative estimate of drug-likeness (QED) is 0.490. The molecule has 0 N–H and O–H groups in total. The maximum Gasteiger partial charge on any atom is 0.200 e. The van der Waals surface area contributed by atoms with Crippen molar-refractivity contribution in [2.45, 2.75) is 65.1 Å². The van der Waals surface area contributed by atoms with Crippen molar-refractivity contribution in [1.29, 1.82) is 0 Å². The van der Waals surface area contributed by atoms with Crippen LogP contribution in [0.4, 0.5) is 8.78 Å². The van der Waals surface area contributed by atoms with Gasteiger partial charge in [0.05, 0.1) is 19.8 Å². The molecule has 0 aromatic heterocycles. The molecule has 29 heavy (non-hydrogen) atoms. The van der Waals surface area contributed by atoms with Gasteiger partial charge in [0.1, 0.15) is 0 Å². The standard InChI is InChI=1S/C24H34F2O3/c1-3-5-6-18-15-28-24(29-16-18)20-11-8-17(9-12-20)7-10-19-13-14-21(27-4-2)23(26)22(19)25/h5-6,13-14,17-18,20,24H,3-4,7-12,15-16H2,1-2H3/b6-5+. The molecule has 0 amide bonds. The number of aryl methyl sites for hydroxylation is 1. The summed E-state index contributed by atoms with van der Waals surface area (Å²) in [5.74, 6) is -0.278. The van der Waals surface area contributed by atoms with Gasteiger partial charge in [0.2, 0.25) is 5.82 Å². The summed E-state index contributed by atoms with van der Waals surface area (Å²) in [4.78, 5) is 0. The van der Waals surface area contributed by atoms with Crippen molar-refractivity contribution in [2.24, 2.45) is 17.8 Å². The number of hydrogen-bond acceptors (Lipinski definition) is 3. The summed E-state index contributed by atoms with van der Waals surface area (Å²) >= 11 is 0. The summed E-state index contributed by atoms with van der Waals surface area (Å²) in [6.07, 6.45) is 11.1. The lowest BCUT2D eigenvalue weighted by Gasteiger charge is -2.37. The lowest BCUT2D eigenvalue weighted by molar-refractivity contribution is -0.223. The Bertz CT molecular complexity index is 660. The Hall–Kier alpha value is -1.46. The molecule has 0 atom stereocenters. The summed E-state index contributed by atoms with van der Waals surface area (Å²) in [6.45, 7) is 5.69. The highest BCUT2D eigenvalue weighted by molar-refractivity contribution is 5.31. The molecule has 1 aromatic carbocycles. The van der Waals surface area contributed by atoms with Gasteiger partial charge in [0.25, 0.3) is 0 Å². The van der Waals surface area contributed by atoms with Gasteiger partial charge in [-0.15, -0.1) is 0 Å². The molecule has 1 aromatic rings. The van der Waals surface area contributed by atoms with E-state index < -0.39 is 11.6 Å².